The van der Waals surface area contributed by atoms with E-state index < -0.39 is 9.38 Å². The van der Waals surface area contributed by atoms with Gasteiger partial charge in [0, 0.05) is 0 Å². The number of rotatable bonds is 2. The van der Waals surface area contributed by atoms with E-state index in [1.54, 1.807) is 0 Å². The molecule has 0 saturated carbocycles. The lowest BCUT2D eigenvalue weighted by atomic mass is 10.6. The lowest BCUT2D eigenvalue weighted by Gasteiger charge is -2.03. The number of nitrogens with zero attached hydrogens (tertiary/aromatic N) is 2. The van der Waals surface area contributed by atoms with Crippen LogP contribution in [0, 0.1) is 10.1 Å². The lowest BCUT2D eigenvalue weighted by Crippen LogP contribution is -2.22. The highest BCUT2D eigenvalue weighted by Gasteiger charge is 2.45. The fourth-order valence-corrected chi connectivity index (χ4v) is 0.637. The molecule has 0 aromatic carbocycles. The molecule has 1 rings (SSSR count). The van der Waals surface area contributed by atoms with E-state index in [0.29, 0.717) is 0 Å². The van der Waals surface area contributed by atoms with Gasteiger partial charge in [-0.05, 0) is 23.2 Å². The van der Waals surface area contributed by atoms with Gasteiger partial charge in [0.25, 0.3) is 0 Å². The highest BCUT2D eigenvalue weighted by Crippen LogP contribution is 2.32. The summed E-state index contributed by atoms with van der Waals surface area (Å²) in [7, 11) is 0. The van der Waals surface area contributed by atoms with Gasteiger partial charge in [0.2, 0.25) is 0 Å². The molecule has 0 atom stereocenters. The minimum Gasteiger partial charge on any atom is -0.441 e. The van der Waals surface area contributed by atoms with E-state index in [0.717, 1.165) is 6.26 Å². The van der Waals surface area contributed by atoms with Crippen molar-refractivity contribution in [1.82, 2.24) is 4.98 Å². The second-order valence-corrected chi connectivity index (χ2v) is 2.92. The predicted molar refractivity (Wildman–Crippen MR) is 36.9 cm³/mol. The Morgan fingerprint density at radius 3 is 2.73 bits per heavy atom. The highest BCUT2D eigenvalue weighted by molar-refractivity contribution is 6.46. The van der Waals surface area contributed by atoms with Gasteiger partial charge in [0.1, 0.15) is 6.26 Å². The number of oxazole rings is 1. The van der Waals surface area contributed by atoms with E-state index in [2.05, 4.69) is 9.40 Å². The first-order valence-corrected chi connectivity index (χ1v) is 3.23. The summed E-state index contributed by atoms with van der Waals surface area (Å²) in [4.78, 5) is 12.7. The van der Waals surface area contributed by atoms with Gasteiger partial charge in [-0.25, -0.2) is 4.98 Å². The number of halogens is 2. The van der Waals surface area contributed by atoms with Crippen LogP contribution in [0.4, 0.5) is 0 Å². The van der Waals surface area contributed by atoms with Crippen molar-refractivity contribution in [3.63, 3.8) is 0 Å². The molecule has 7 heteroatoms. The van der Waals surface area contributed by atoms with Crippen molar-refractivity contribution in [2.45, 2.75) is 4.46 Å². The second-order valence-electron chi connectivity index (χ2n) is 1.64. The standard InChI is InChI=1S/C4H2Cl2N2O3/c5-4(6,8(9)10)3-7-1-2-11-3/h1-2H. The van der Waals surface area contributed by atoms with Crippen LogP contribution in [0.2, 0.25) is 0 Å². The predicted octanol–water partition coefficient (Wildman–Crippen LogP) is 1.54. The smallest absolute Gasteiger partial charge is 0.441 e. The van der Waals surface area contributed by atoms with Crippen LogP contribution in [0.3, 0.4) is 0 Å². The first-order valence-electron chi connectivity index (χ1n) is 2.47. The summed E-state index contributed by atoms with van der Waals surface area (Å²) >= 11 is 10.5. The zero-order chi connectivity index (χ0) is 8.48. The van der Waals surface area contributed by atoms with E-state index in [4.69, 9.17) is 23.2 Å². The number of hydrogen-bond donors (Lipinski definition) is 0. The molecule has 0 saturated heterocycles. The second kappa shape index (κ2) is 2.67. The minimum absolute atomic E-state index is 0.342. The van der Waals surface area contributed by atoms with Crippen LogP contribution in [-0.4, -0.2) is 9.91 Å². The molecular weight excluding hydrogens is 195 g/mol. The summed E-state index contributed by atoms with van der Waals surface area (Å²) < 4.78 is 2.25. The fraction of sp³-hybridized carbons (Fsp3) is 0.250. The van der Waals surface area contributed by atoms with Gasteiger partial charge in [-0.15, -0.1) is 0 Å². The van der Waals surface area contributed by atoms with Crippen LogP contribution in [0.5, 0.6) is 0 Å². The lowest BCUT2D eigenvalue weighted by molar-refractivity contribution is -0.526. The zero-order valence-corrected chi connectivity index (χ0v) is 6.54. The van der Waals surface area contributed by atoms with Gasteiger partial charge in [-0.2, -0.15) is 0 Å². The Balaban J connectivity index is 3.00. The van der Waals surface area contributed by atoms with E-state index >= 15 is 0 Å². The molecule has 1 aromatic rings. The Bertz CT molecular complexity index is 258. The quantitative estimate of drug-likeness (QED) is 0.312. The van der Waals surface area contributed by atoms with Crippen molar-refractivity contribution in [3.05, 3.63) is 28.5 Å². The average molecular weight is 197 g/mol. The van der Waals surface area contributed by atoms with Crippen molar-refractivity contribution in [1.29, 1.82) is 0 Å². The van der Waals surface area contributed by atoms with Crippen molar-refractivity contribution in [2.75, 3.05) is 0 Å². The summed E-state index contributed by atoms with van der Waals surface area (Å²) in [5, 5.41) is 10.2. The molecule has 0 fully saturated rings. The summed E-state index contributed by atoms with van der Waals surface area (Å²) in [6, 6.07) is 0. The number of nitro groups is 1. The van der Waals surface area contributed by atoms with E-state index in [9.17, 15) is 10.1 Å². The molecule has 1 heterocycles. The van der Waals surface area contributed by atoms with Gasteiger partial charge >= 0.3 is 10.3 Å². The van der Waals surface area contributed by atoms with Crippen molar-refractivity contribution in [2.24, 2.45) is 0 Å². The van der Waals surface area contributed by atoms with Gasteiger partial charge in [0.15, 0.2) is 0 Å². The summed E-state index contributed by atoms with van der Waals surface area (Å²) in [5.74, 6) is -0.342. The third-order valence-electron chi connectivity index (χ3n) is 0.919. The first kappa shape index (κ1) is 8.29. The van der Waals surface area contributed by atoms with Crippen molar-refractivity contribution >= 4 is 23.2 Å². The van der Waals surface area contributed by atoms with Crippen LogP contribution in [0.25, 0.3) is 0 Å². The maximum absolute atomic E-state index is 10.2. The molecule has 0 unspecified atom stereocenters. The van der Waals surface area contributed by atoms with Crippen molar-refractivity contribution < 1.29 is 9.34 Å². The Morgan fingerprint density at radius 2 is 2.36 bits per heavy atom. The maximum Gasteiger partial charge on any atom is 0.446 e. The minimum atomic E-state index is -2.29. The molecule has 0 aliphatic heterocycles. The monoisotopic (exact) mass is 196 g/mol. The van der Waals surface area contributed by atoms with Crippen LogP contribution >= 0.6 is 23.2 Å². The van der Waals surface area contributed by atoms with Crippen LogP contribution in [-0.2, 0) is 4.46 Å². The third-order valence-corrected chi connectivity index (χ3v) is 1.52. The molecule has 11 heavy (non-hydrogen) atoms. The zero-order valence-electron chi connectivity index (χ0n) is 5.03. The molecule has 0 aliphatic carbocycles. The van der Waals surface area contributed by atoms with Gasteiger partial charge in [-0.3, -0.25) is 10.1 Å². The Morgan fingerprint density at radius 1 is 1.73 bits per heavy atom. The van der Waals surface area contributed by atoms with E-state index in [1.165, 1.54) is 6.20 Å². The molecule has 0 N–H and O–H groups in total. The van der Waals surface area contributed by atoms with Gasteiger partial charge < -0.3 is 4.42 Å². The molecule has 5 nitrogen and oxygen atoms in total. The normalized spacial score (nSPS) is 11.5. The molecule has 0 bridgehead atoms. The molecule has 60 valence electrons. The summed E-state index contributed by atoms with van der Waals surface area (Å²) in [5.41, 5.74) is 0. The molecule has 0 aliphatic rings. The molecule has 1 aromatic heterocycles. The van der Waals surface area contributed by atoms with Crippen LogP contribution < -0.4 is 0 Å². The van der Waals surface area contributed by atoms with E-state index in [1.807, 2.05) is 0 Å². The van der Waals surface area contributed by atoms with Crippen LogP contribution in [0.15, 0.2) is 16.9 Å². The molecule has 0 amide bonds. The van der Waals surface area contributed by atoms with Gasteiger partial charge in [-0.1, -0.05) is 0 Å². The number of hydrogen-bond acceptors (Lipinski definition) is 4. The first-order chi connectivity index (χ1) is 5.05. The topological polar surface area (TPSA) is 69.2 Å². The van der Waals surface area contributed by atoms with Crippen molar-refractivity contribution in [3.8, 4) is 0 Å². The molecule has 0 spiro atoms. The molecular formula is C4H2Cl2N2O3. The number of aromatic nitrogens is 1. The average Bonchev–Trinajstić information content (AvgIpc) is 2.37. The fourth-order valence-electron chi connectivity index (χ4n) is 0.450. The van der Waals surface area contributed by atoms with Crippen LogP contribution in [0.1, 0.15) is 5.89 Å². The summed E-state index contributed by atoms with van der Waals surface area (Å²) in [6.07, 6.45) is 2.37. The van der Waals surface area contributed by atoms with Gasteiger partial charge in [0.05, 0.1) is 11.1 Å². The van der Waals surface area contributed by atoms with E-state index in [-0.39, 0.29) is 5.89 Å². The Kier molecular flexibility index (Phi) is 2.01. The SMILES string of the molecule is O=[N+]([O-])C(Cl)(Cl)c1ncco1. The highest BCUT2D eigenvalue weighted by atomic mass is 35.5. The Labute approximate surface area is 71.1 Å². The largest absolute Gasteiger partial charge is 0.446 e. The maximum atomic E-state index is 10.2. The molecule has 0 radical (unpaired) electrons. The third kappa shape index (κ3) is 1.44. The summed E-state index contributed by atoms with van der Waals surface area (Å²) in [6.45, 7) is 0. The Hall–Kier alpha value is -0.810. The number of alkyl halides is 2.